The van der Waals surface area contributed by atoms with Gasteiger partial charge in [0.2, 0.25) is 0 Å². The molecule has 0 saturated heterocycles. The normalized spacial score (nSPS) is 14.6. The molecule has 1 aromatic carbocycles. The summed E-state index contributed by atoms with van der Waals surface area (Å²) in [6, 6.07) is 7.04. The molecular weight excluding hydrogens is 571 g/mol. The molecule has 1 aromatic rings. The van der Waals surface area contributed by atoms with E-state index in [2.05, 4.69) is 26.1 Å². The van der Waals surface area contributed by atoms with Gasteiger partial charge in [0.25, 0.3) is 0 Å². The molecule has 0 spiro atoms. The van der Waals surface area contributed by atoms with Gasteiger partial charge in [0, 0.05) is 0 Å². The Morgan fingerprint density at radius 1 is 0.892 bits per heavy atom. The molecule has 1 atom stereocenters. The van der Waals surface area contributed by atoms with Gasteiger partial charge in [-0.1, -0.05) is 0 Å². The van der Waals surface area contributed by atoms with Crippen molar-refractivity contribution in [3.05, 3.63) is 35.4 Å². The molecule has 0 fully saturated rings. The fourth-order valence-electron chi connectivity index (χ4n) is 5.03. The van der Waals surface area contributed by atoms with E-state index in [1.807, 2.05) is 20.8 Å². The Labute approximate surface area is 234 Å². The first-order valence-corrected chi connectivity index (χ1v) is 17.4. The number of nitrogens with one attached hydrogen (secondary N) is 1. The van der Waals surface area contributed by atoms with E-state index in [9.17, 15) is 14.4 Å². The SMILES string of the molecule is CCCC[C](CCCC)(CCCC)[Sn][CH](CCCN1C(=O)c2ccccc2C1=O)NC(=O)OC(C)(C)C. The van der Waals surface area contributed by atoms with Gasteiger partial charge in [0.1, 0.15) is 0 Å². The predicted octanol–water partition coefficient (Wildman–Crippen LogP) is 7.35. The molecule has 1 aliphatic heterocycles. The van der Waals surface area contributed by atoms with Crippen molar-refractivity contribution in [2.45, 2.75) is 125 Å². The van der Waals surface area contributed by atoms with E-state index in [1.165, 1.54) is 62.7 Å². The number of rotatable bonds is 16. The van der Waals surface area contributed by atoms with Gasteiger partial charge in [0.15, 0.2) is 0 Å². The topological polar surface area (TPSA) is 75.7 Å². The van der Waals surface area contributed by atoms with Crippen molar-refractivity contribution < 1.29 is 19.1 Å². The van der Waals surface area contributed by atoms with Crippen molar-refractivity contribution in [2.75, 3.05) is 6.54 Å². The van der Waals surface area contributed by atoms with Crippen LogP contribution in [0.25, 0.3) is 0 Å². The van der Waals surface area contributed by atoms with Gasteiger partial charge in [-0.2, -0.15) is 0 Å². The molecule has 0 aromatic heterocycles. The van der Waals surface area contributed by atoms with Gasteiger partial charge < -0.3 is 0 Å². The summed E-state index contributed by atoms with van der Waals surface area (Å²) in [7, 11) is 0. The molecule has 2 radical (unpaired) electrons. The third-order valence-electron chi connectivity index (χ3n) is 6.95. The van der Waals surface area contributed by atoms with E-state index >= 15 is 0 Å². The van der Waals surface area contributed by atoms with Gasteiger partial charge in [-0.05, 0) is 0 Å². The summed E-state index contributed by atoms with van der Waals surface area (Å²) < 4.78 is 6.09. The fraction of sp³-hybridized carbons (Fsp3) is 0.700. The number of hydrogen-bond donors (Lipinski definition) is 1. The molecule has 1 unspecified atom stereocenters. The number of amides is 3. The summed E-state index contributed by atoms with van der Waals surface area (Å²) in [5, 5.41) is 3.25. The van der Waals surface area contributed by atoms with Crippen molar-refractivity contribution in [1.29, 1.82) is 0 Å². The van der Waals surface area contributed by atoms with Crippen LogP contribution >= 0.6 is 0 Å². The van der Waals surface area contributed by atoms with Crippen LogP contribution < -0.4 is 5.32 Å². The first-order valence-electron chi connectivity index (χ1n) is 14.3. The third kappa shape index (κ3) is 9.92. The number of carbonyl (C=O) groups is 3. The Hall–Kier alpha value is -1.57. The molecule has 2 rings (SSSR count). The zero-order valence-electron chi connectivity index (χ0n) is 24.0. The van der Waals surface area contributed by atoms with Crippen LogP contribution in [0.2, 0.25) is 3.43 Å². The number of ether oxygens (including phenoxy) is 1. The number of hydrogen-bond acceptors (Lipinski definition) is 4. The Morgan fingerprint density at radius 2 is 1.38 bits per heavy atom. The number of unbranched alkanes of at least 4 members (excludes halogenated alkanes) is 3. The van der Waals surface area contributed by atoms with Crippen LogP contribution in [-0.2, 0) is 4.74 Å². The summed E-state index contributed by atoms with van der Waals surface area (Å²) in [6.45, 7) is 12.8. The standard InChI is InChI=1S/C17H21N2O4.C13H27.Sn/c1-17(2,3)23-16(22)18-10-6-7-11-19-14(20)12-8-4-5-9-13(12)15(19)21;1-4-7-10-13(11-8-5-2)12-9-6-3;/h4-5,8-10H,6-7,11H2,1-3H3,(H,18,22);4-12H2,1-3H3;. The van der Waals surface area contributed by atoms with Crippen LogP contribution in [0, 0.1) is 0 Å². The number of nitrogens with zero attached hydrogens (tertiary/aromatic N) is 1. The molecule has 37 heavy (non-hydrogen) atoms. The summed E-state index contributed by atoms with van der Waals surface area (Å²) in [4.78, 5) is 39.9. The minimum absolute atomic E-state index is 0.0965. The van der Waals surface area contributed by atoms with E-state index < -0.39 is 26.7 Å². The summed E-state index contributed by atoms with van der Waals surface area (Å²) >= 11 is -1.11. The number of fused-ring (bicyclic) bond motifs is 1. The van der Waals surface area contributed by atoms with Crippen LogP contribution in [0.15, 0.2) is 24.3 Å². The Morgan fingerprint density at radius 3 is 1.81 bits per heavy atom. The average molecular weight is 619 g/mol. The molecule has 0 aliphatic carbocycles. The Kier molecular flexibility index (Phi) is 12.9. The van der Waals surface area contributed by atoms with E-state index in [-0.39, 0.29) is 22.0 Å². The molecule has 1 heterocycles. The predicted molar refractivity (Wildman–Crippen MR) is 151 cm³/mol. The molecule has 0 bridgehead atoms. The number of alkyl carbamates (subject to hydrolysis) is 1. The van der Waals surface area contributed by atoms with E-state index in [4.69, 9.17) is 4.74 Å². The maximum absolute atomic E-state index is 12.8. The van der Waals surface area contributed by atoms with Crippen LogP contribution in [0.1, 0.15) is 133 Å². The quantitative estimate of drug-likeness (QED) is 0.155. The molecule has 6 nitrogen and oxygen atoms in total. The zero-order chi connectivity index (χ0) is 27.5. The Bertz CT molecular complexity index is 839. The van der Waals surface area contributed by atoms with Crippen molar-refractivity contribution in [3.63, 3.8) is 0 Å². The second-order valence-corrected chi connectivity index (χ2v) is 17.2. The molecule has 0 saturated carbocycles. The van der Waals surface area contributed by atoms with E-state index in [0.29, 0.717) is 27.5 Å². The molecular formula is C30H48N2O4Sn. The second-order valence-electron chi connectivity index (χ2n) is 11.4. The summed E-state index contributed by atoms with van der Waals surface area (Å²) in [5.41, 5.74) is 0.430. The van der Waals surface area contributed by atoms with Crippen LogP contribution in [0.3, 0.4) is 0 Å². The van der Waals surface area contributed by atoms with E-state index in [1.54, 1.807) is 24.3 Å². The van der Waals surface area contributed by atoms with Crippen molar-refractivity contribution in [1.82, 2.24) is 10.2 Å². The van der Waals surface area contributed by atoms with E-state index in [0.717, 1.165) is 6.42 Å². The van der Waals surface area contributed by atoms with Crippen molar-refractivity contribution >= 4 is 39.0 Å². The van der Waals surface area contributed by atoms with Crippen LogP contribution in [0.4, 0.5) is 4.79 Å². The summed E-state index contributed by atoms with van der Waals surface area (Å²) in [6.07, 6.45) is 12.0. The Balaban J connectivity index is 2.17. The molecule has 1 N–H and O–H groups in total. The van der Waals surface area contributed by atoms with Gasteiger partial charge in [-0.3, -0.25) is 0 Å². The third-order valence-corrected chi connectivity index (χ3v) is 13.1. The van der Waals surface area contributed by atoms with Crippen molar-refractivity contribution in [3.8, 4) is 0 Å². The summed E-state index contributed by atoms with van der Waals surface area (Å²) in [5.74, 6) is -0.416. The van der Waals surface area contributed by atoms with Gasteiger partial charge >= 0.3 is 236 Å². The fourth-order valence-corrected chi connectivity index (χ4v) is 11.4. The number of carbonyl (C=O) groups excluding carboxylic acids is 3. The number of benzene rings is 1. The molecule has 1 aliphatic rings. The number of imide groups is 1. The van der Waals surface area contributed by atoms with Crippen LogP contribution in [-0.4, -0.2) is 60.2 Å². The van der Waals surface area contributed by atoms with Crippen molar-refractivity contribution in [2.24, 2.45) is 0 Å². The first-order chi connectivity index (χ1) is 17.6. The second kappa shape index (κ2) is 15.1. The van der Waals surface area contributed by atoms with Crippen LogP contribution in [0.5, 0.6) is 0 Å². The van der Waals surface area contributed by atoms with Gasteiger partial charge in [-0.25, -0.2) is 0 Å². The average Bonchev–Trinajstić information content (AvgIpc) is 3.08. The minimum atomic E-state index is -1.11. The molecule has 7 heteroatoms. The maximum atomic E-state index is 12.8. The van der Waals surface area contributed by atoms with Gasteiger partial charge in [0.05, 0.1) is 0 Å². The first kappa shape index (κ1) is 31.6. The van der Waals surface area contributed by atoms with Gasteiger partial charge in [-0.15, -0.1) is 0 Å². The molecule has 3 amide bonds. The monoisotopic (exact) mass is 620 g/mol. The molecule has 206 valence electrons. The zero-order valence-corrected chi connectivity index (χ0v) is 26.8.